The minimum absolute atomic E-state index is 0.825. The van der Waals surface area contributed by atoms with E-state index >= 15 is 0 Å². The molecule has 0 aromatic carbocycles. The summed E-state index contributed by atoms with van der Waals surface area (Å²) < 4.78 is 2.14. The largest absolute Gasteiger partial charge is 0.356 e. The summed E-state index contributed by atoms with van der Waals surface area (Å²) >= 11 is 0. The fraction of sp³-hybridized carbons (Fsp3) is 0.800. The number of hydrogen-bond donors (Lipinski definition) is 1. The van der Waals surface area contributed by atoms with Crippen LogP contribution in [0.4, 0.5) is 5.95 Å². The maximum Gasteiger partial charge on any atom is 0.202 e. The summed E-state index contributed by atoms with van der Waals surface area (Å²) in [7, 11) is 2.28. The van der Waals surface area contributed by atoms with Gasteiger partial charge in [0.15, 0.2) is 0 Å². The Morgan fingerprint density at radius 3 is 2.89 bits per heavy atom. The molecule has 1 heterocycles. The molecule has 0 aliphatic heterocycles. The van der Waals surface area contributed by atoms with Gasteiger partial charge in [-0.3, -0.25) is 0 Å². The lowest BCUT2D eigenvalue weighted by Crippen LogP contribution is -2.34. The molecule has 108 valence electrons. The first-order valence-electron chi connectivity index (χ1n) is 7.76. The van der Waals surface area contributed by atoms with E-state index in [9.17, 15) is 0 Å². The molecule has 1 fully saturated rings. The summed E-state index contributed by atoms with van der Waals surface area (Å²) in [4.78, 5) is 6.88. The molecule has 4 heteroatoms. The van der Waals surface area contributed by atoms with E-state index in [-0.39, 0.29) is 0 Å². The molecule has 0 radical (unpaired) electrons. The third-order valence-corrected chi connectivity index (χ3v) is 4.22. The monoisotopic (exact) mass is 264 g/mol. The normalized spacial score (nSPS) is 17.0. The Morgan fingerprint density at radius 1 is 1.37 bits per heavy atom. The molecule has 2 rings (SSSR count). The van der Waals surface area contributed by atoms with Crippen LogP contribution in [0.3, 0.4) is 0 Å². The van der Waals surface area contributed by atoms with Gasteiger partial charge >= 0.3 is 0 Å². The van der Waals surface area contributed by atoms with Crippen molar-refractivity contribution >= 4 is 5.95 Å². The number of anilines is 1. The SMILES string of the molecule is CCn1ccnc1NCCCN(C)C1CCCCC1. The molecular formula is C15H28N4. The van der Waals surface area contributed by atoms with Gasteiger partial charge in [-0.15, -0.1) is 0 Å². The Labute approximate surface area is 117 Å². The van der Waals surface area contributed by atoms with Crippen molar-refractivity contribution in [1.29, 1.82) is 0 Å². The summed E-state index contributed by atoms with van der Waals surface area (Å²) in [6.07, 6.45) is 12.1. The molecule has 1 aliphatic rings. The van der Waals surface area contributed by atoms with Gasteiger partial charge in [0, 0.05) is 31.5 Å². The summed E-state index contributed by atoms with van der Waals surface area (Å²) in [5.41, 5.74) is 0. The predicted molar refractivity (Wildman–Crippen MR) is 80.5 cm³/mol. The zero-order valence-corrected chi connectivity index (χ0v) is 12.4. The third-order valence-electron chi connectivity index (χ3n) is 4.22. The van der Waals surface area contributed by atoms with Crippen LogP contribution in [0.2, 0.25) is 0 Å². The first kappa shape index (κ1) is 14.4. The Hall–Kier alpha value is -1.03. The second kappa shape index (κ2) is 7.53. The Bertz CT molecular complexity index is 355. The third kappa shape index (κ3) is 4.23. The van der Waals surface area contributed by atoms with Crippen LogP contribution < -0.4 is 5.32 Å². The Morgan fingerprint density at radius 2 is 2.16 bits per heavy atom. The molecule has 19 heavy (non-hydrogen) atoms. The molecule has 0 atom stereocenters. The van der Waals surface area contributed by atoms with E-state index in [4.69, 9.17) is 0 Å². The van der Waals surface area contributed by atoms with Gasteiger partial charge in [-0.2, -0.15) is 0 Å². The summed E-state index contributed by atoms with van der Waals surface area (Å²) in [6.45, 7) is 5.31. The maximum absolute atomic E-state index is 4.33. The number of aromatic nitrogens is 2. The average Bonchev–Trinajstić information content (AvgIpc) is 2.91. The van der Waals surface area contributed by atoms with Crippen molar-refractivity contribution in [3.8, 4) is 0 Å². The van der Waals surface area contributed by atoms with Crippen LogP contribution in [0.25, 0.3) is 0 Å². The van der Waals surface area contributed by atoms with Gasteiger partial charge in [0.25, 0.3) is 0 Å². The quantitative estimate of drug-likeness (QED) is 0.769. The standard InChI is InChI=1S/C15H28N4/c1-3-19-13-11-17-15(19)16-10-7-12-18(2)14-8-5-4-6-9-14/h11,13-14H,3-10,12H2,1-2H3,(H,16,17). The molecule has 1 saturated carbocycles. The van der Waals surface area contributed by atoms with Crippen LogP contribution in [0.15, 0.2) is 12.4 Å². The number of aryl methyl sites for hydroxylation is 1. The van der Waals surface area contributed by atoms with Crippen LogP contribution in [-0.2, 0) is 6.54 Å². The predicted octanol–water partition coefficient (Wildman–Crippen LogP) is 2.97. The Balaban J connectivity index is 1.63. The highest BCUT2D eigenvalue weighted by molar-refractivity contribution is 5.25. The molecule has 4 nitrogen and oxygen atoms in total. The number of hydrogen-bond acceptors (Lipinski definition) is 3. The molecule has 0 spiro atoms. The number of imidazole rings is 1. The number of rotatable bonds is 7. The smallest absolute Gasteiger partial charge is 0.202 e. The average molecular weight is 264 g/mol. The lowest BCUT2D eigenvalue weighted by Gasteiger charge is -2.31. The van der Waals surface area contributed by atoms with Crippen LogP contribution in [0.1, 0.15) is 45.4 Å². The van der Waals surface area contributed by atoms with Gasteiger partial charge < -0.3 is 14.8 Å². The van der Waals surface area contributed by atoms with Gasteiger partial charge in [-0.25, -0.2) is 4.98 Å². The number of nitrogens with one attached hydrogen (secondary N) is 1. The van der Waals surface area contributed by atoms with Crippen LogP contribution in [-0.4, -0.2) is 40.6 Å². The summed E-state index contributed by atoms with van der Waals surface area (Å²) in [6, 6.07) is 0.825. The second-order valence-electron chi connectivity index (χ2n) is 5.59. The van der Waals surface area contributed by atoms with Crippen LogP contribution in [0, 0.1) is 0 Å². The fourth-order valence-electron chi connectivity index (χ4n) is 2.96. The minimum atomic E-state index is 0.825. The molecule has 0 unspecified atom stereocenters. The van der Waals surface area contributed by atoms with Crippen molar-refractivity contribution in [2.24, 2.45) is 0 Å². The van der Waals surface area contributed by atoms with Gasteiger partial charge in [0.1, 0.15) is 0 Å². The van der Waals surface area contributed by atoms with E-state index in [0.717, 1.165) is 25.1 Å². The fourth-order valence-corrected chi connectivity index (χ4v) is 2.96. The van der Waals surface area contributed by atoms with E-state index in [1.54, 1.807) is 0 Å². The van der Waals surface area contributed by atoms with Crippen molar-refractivity contribution in [2.75, 3.05) is 25.5 Å². The number of nitrogens with zero attached hydrogens (tertiary/aromatic N) is 3. The van der Waals surface area contributed by atoms with Crippen molar-refractivity contribution in [3.63, 3.8) is 0 Å². The van der Waals surface area contributed by atoms with E-state index < -0.39 is 0 Å². The van der Waals surface area contributed by atoms with E-state index in [1.807, 2.05) is 12.4 Å². The van der Waals surface area contributed by atoms with E-state index in [1.165, 1.54) is 45.1 Å². The molecular weight excluding hydrogens is 236 g/mol. The van der Waals surface area contributed by atoms with Crippen molar-refractivity contribution in [3.05, 3.63) is 12.4 Å². The molecule has 1 aromatic rings. The second-order valence-corrected chi connectivity index (χ2v) is 5.59. The molecule has 0 saturated heterocycles. The van der Waals surface area contributed by atoms with Crippen LogP contribution >= 0.6 is 0 Å². The van der Waals surface area contributed by atoms with Crippen LogP contribution in [0.5, 0.6) is 0 Å². The summed E-state index contributed by atoms with van der Waals surface area (Å²) in [5, 5.41) is 3.43. The highest BCUT2D eigenvalue weighted by Gasteiger charge is 2.17. The first-order chi connectivity index (χ1) is 9.31. The zero-order valence-electron chi connectivity index (χ0n) is 12.4. The lowest BCUT2D eigenvalue weighted by molar-refractivity contribution is 0.191. The molecule has 1 N–H and O–H groups in total. The summed E-state index contributed by atoms with van der Waals surface area (Å²) in [5.74, 6) is 1.00. The van der Waals surface area contributed by atoms with Gasteiger partial charge in [0.2, 0.25) is 5.95 Å². The molecule has 1 aliphatic carbocycles. The highest BCUT2D eigenvalue weighted by atomic mass is 15.2. The molecule has 1 aromatic heterocycles. The van der Waals surface area contributed by atoms with Gasteiger partial charge in [-0.1, -0.05) is 19.3 Å². The molecule has 0 bridgehead atoms. The lowest BCUT2D eigenvalue weighted by atomic mass is 9.94. The van der Waals surface area contributed by atoms with Crippen molar-refractivity contribution in [2.45, 2.75) is 58.0 Å². The highest BCUT2D eigenvalue weighted by Crippen LogP contribution is 2.21. The van der Waals surface area contributed by atoms with E-state index in [2.05, 4.69) is 33.7 Å². The topological polar surface area (TPSA) is 33.1 Å². The maximum atomic E-state index is 4.33. The minimum Gasteiger partial charge on any atom is -0.356 e. The van der Waals surface area contributed by atoms with E-state index in [0.29, 0.717) is 0 Å². The molecule has 0 amide bonds. The van der Waals surface area contributed by atoms with Crippen molar-refractivity contribution in [1.82, 2.24) is 14.5 Å². The zero-order chi connectivity index (χ0) is 13.5. The van der Waals surface area contributed by atoms with Gasteiger partial charge in [0.05, 0.1) is 0 Å². The van der Waals surface area contributed by atoms with Crippen molar-refractivity contribution < 1.29 is 0 Å². The van der Waals surface area contributed by atoms with Gasteiger partial charge in [-0.05, 0) is 39.8 Å². The first-order valence-corrected chi connectivity index (χ1v) is 7.76. The Kier molecular flexibility index (Phi) is 5.70.